The summed E-state index contributed by atoms with van der Waals surface area (Å²) < 4.78 is 4.78. The molecule has 2 rings (SSSR count). The third-order valence-electron chi connectivity index (χ3n) is 3.79. The highest BCUT2D eigenvalue weighted by molar-refractivity contribution is 6.31. The molecule has 0 aliphatic rings. The minimum absolute atomic E-state index is 0.0494. The number of benzene rings is 2. The number of anilines is 1. The van der Waals surface area contributed by atoms with E-state index in [0.717, 1.165) is 17.7 Å². The van der Waals surface area contributed by atoms with Crippen LogP contribution in [0.5, 0.6) is 0 Å². The van der Waals surface area contributed by atoms with Gasteiger partial charge in [-0.05, 0) is 43.2 Å². The molecule has 0 saturated carbocycles. The SMILES string of the molecule is Cc1cc(NC(=O)COC(=O)c2ccc(Cl)cc2[N+](=O)[O-])c([N+](=O)[O-])cc1C. The number of hydrogen-bond donors (Lipinski definition) is 1. The summed E-state index contributed by atoms with van der Waals surface area (Å²) in [5.41, 5.74) is 0.0886. The van der Waals surface area contributed by atoms with Gasteiger partial charge in [0, 0.05) is 17.2 Å². The van der Waals surface area contributed by atoms with Gasteiger partial charge in [-0.15, -0.1) is 0 Å². The molecule has 28 heavy (non-hydrogen) atoms. The van der Waals surface area contributed by atoms with Crippen LogP contribution in [-0.2, 0) is 9.53 Å². The molecule has 146 valence electrons. The van der Waals surface area contributed by atoms with Crippen LogP contribution < -0.4 is 5.32 Å². The average Bonchev–Trinajstić information content (AvgIpc) is 2.62. The standard InChI is InChI=1S/C17H14ClN3O7/c1-9-5-13(15(21(26)27)6-10(9)2)19-16(22)8-28-17(23)12-4-3-11(18)7-14(12)20(24)25/h3-7H,8H2,1-2H3,(H,19,22). The normalized spacial score (nSPS) is 10.2. The quantitative estimate of drug-likeness (QED) is 0.438. The molecular weight excluding hydrogens is 394 g/mol. The number of nitro benzene ring substituents is 2. The number of carbonyl (C=O) groups is 2. The summed E-state index contributed by atoms with van der Waals surface area (Å²) >= 11 is 5.67. The molecule has 1 amide bonds. The summed E-state index contributed by atoms with van der Waals surface area (Å²) in [7, 11) is 0. The highest BCUT2D eigenvalue weighted by Crippen LogP contribution is 2.28. The van der Waals surface area contributed by atoms with E-state index in [-0.39, 0.29) is 22.0 Å². The van der Waals surface area contributed by atoms with Gasteiger partial charge in [0.25, 0.3) is 17.3 Å². The summed E-state index contributed by atoms with van der Waals surface area (Å²) in [6.45, 7) is 2.62. The van der Waals surface area contributed by atoms with E-state index in [4.69, 9.17) is 16.3 Å². The van der Waals surface area contributed by atoms with Gasteiger partial charge >= 0.3 is 5.97 Å². The lowest BCUT2D eigenvalue weighted by Gasteiger charge is -2.09. The van der Waals surface area contributed by atoms with Crippen molar-refractivity contribution in [2.24, 2.45) is 0 Å². The lowest BCUT2D eigenvalue weighted by molar-refractivity contribution is -0.385. The summed E-state index contributed by atoms with van der Waals surface area (Å²) in [5.74, 6) is -1.94. The zero-order chi connectivity index (χ0) is 21.0. The van der Waals surface area contributed by atoms with Gasteiger partial charge < -0.3 is 10.1 Å². The second-order valence-corrected chi connectivity index (χ2v) is 6.19. The summed E-state index contributed by atoms with van der Waals surface area (Å²) in [6, 6.07) is 6.10. The van der Waals surface area contributed by atoms with Crippen molar-refractivity contribution in [1.29, 1.82) is 0 Å². The molecule has 0 unspecified atom stereocenters. The van der Waals surface area contributed by atoms with E-state index in [0.29, 0.717) is 5.56 Å². The number of halogens is 1. The second-order valence-electron chi connectivity index (χ2n) is 5.75. The number of esters is 1. The van der Waals surface area contributed by atoms with Gasteiger partial charge in [0.05, 0.1) is 9.85 Å². The number of ether oxygens (including phenoxy) is 1. The van der Waals surface area contributed by atoms with E-state index < -0.39 is 34.0 Å². The van der Waals surface area contributed by atoms with E-state index in [2.05, 4.69) is 5.32 Å². The van der Waals surface area contributed by atoms with E-state index in [9.17, 15) is 29.8 Å². The Labute approximate surface area is 163 Å². The summed E-state index contributed by atoms with van der Waals surface area (Å²) in [4.78, 5) is 44.8. The van der Waals surface area contributed by atoms with Gasteiger partial charge in [-0.25, -0.2) is 4.79 Å². The molecule has 0 radical (unpaired) electrons. The average molecular weight is 408 g/mol. The highest BCUT2D eigenvalue weighted by atomic mass is 35.5. The molecular formula is C17H14ClN3O7. The van der Waals surface area contributed by atoms with Crippen molar-refractivity contribution in [1.82, 2.24) is 0 Å². The van der Waals surface area contributed by atoms with E-state index in [1.165, 1.54) is 18.2 Å². The van der Waals surface area contributed by atoms with Crippen LogP contribution in [-0.4, -0.2) is 28.3 Å². The van der Waals surface area contributed by atoms with Gasteiger partial charge in [-0.3, -0.25) is 25.0 Å². The van der Waals surface area contributed by atoms with E-state index in [1.54, 1.807) is 13.8 Å². The van der Waals surface area contributed by atoms with Crippen molar-refractivity contribution in [3.63, 3.8) is 0 Å². The third kappa shape index (κ3) is 4.80. The van der Waals surface area contributed by atoms with Gasteiger partial charge in [-0.2, -0.15) is 0 Å². The van der Waals surface area contributed by atoms with Crippen molar-refractivity contribution in [3.05, 3.63) is 72.3 Å². The third-order valence-corrected chi connectivity index (χ3v) is 4.03. The molecule has 0 heterocycles. The molecule has 0 atom stereocenters. The molecule has 2 aromatic rings. The monoisotopic (exact) mass is 407 g/mol. The Morgan fingerprint density at radius 2 is 1.64 bits per heavy atom. The predicted octanol–water partition coefficient (Wildman–Crippen LogP) is 3.57. The molecule has 0 saturated heterocycles. The largest absolute Gasteiger partial charge is 0.452 e. The minimum atomic E-state index is -1.10. The first-order valence-corrected chi connectivity index (χ1v) is 8.14. The maximum atomic E-state index is 12.1. The van der Waals surface area contributed by atoms with Crippen LogP contribution in [0.15, 0.2) is 30.3 Å². The molecule has 2 aromatic carbocycles. The van der Waals surface area contributed by atoms with Crippen LogP contribution in [0.2, 0.25) is 5.02 Å². The topological polar surface area (TPSA) is 142 Å². The zero-order valence-corrected chi connectivity index (χ0v) is 15.5. The maximum Gasteiger partial charge on any atom is 0.345 e. The highest BCUT2D eigenvalue weighted by Gasteiger charge is 2.23. The number of amides is 1. The second kappa shape index (κ2) is 8.44. The number of rotatable bonds is 6. The van der Waals surface area contributed by atoms with Crippen LogP contribution >= 0.6 is 11.6 Å². The smallest absolute Gasteiger partial charge is 0.345 e. The molecule has 0 fully saturated rings. The van der Waals surface area contributed by atoms with Crippen molar-refractivity contribution >= 4 is 40.5 Å². The Hall–Kier alpha value is -3.53. The number of aryl methyl sites for hydroxylation is 2. The molecule has 11 heteroatoms. The number of carbonyl (C=O) groups excluding carboxylic acids is 2. The first kappa shape index (κ1) is 20.8. The Bertz CT molecular complexity index is 991. The Morgan fingerprint density at radius 3 is 2.25 bits per heavy atom. The fourth-order valence-corrected chi connectivity index (χ4v) is 2.44. The van der Waals surface area contributed by atoms with Gasteiger partial charge in [-0.1, -0.05) is 11.6 Å². The predicted molar refractivity (Wildman–Crippen MR) is 99.6 cm³/mol. The molecule has 0 aromatic heterocycles. The molecule has 10 nitrogen and oxygen atoms in total. The number of nitrogens with zero attached hydrogens (tertiary/aromatic N) is 2. The fourth-order valence-electron chi connectivity index (χ4n) is 2.28. The minimum Gasteiger partial charge on any atom is -0.452 e. The summed E-state index contributed by atoms with van der Waals surface area (Å²) in [5, 5.41) is 24.5. The Morgan fingerprint density at radius 1 is 1.04 bits per heavy atom. The van der Waals surface area contributed by atoms with Gasteiger partial charge in [0.15, 0.2) is 6.61 Å². The summed E-state index contributed by atoms with van der Waals surface area (Å²) in [6.07, 6.45) is 0. The lowest BCUT2D eigenvalue weighted by atomic mass is 10.1. The molecule has 0 aliphatic carbocycles. The number of hydrogen-bond acceptors (Lipinski definition) is 7. The number of nitro groups is 2. The maximum absolute atomic E-state index is 12.1. The van der Waals surface area contributed by atoms with Crippen LogP contribution in [0, 0.1) is 34.1 Å². The first-order chi connectivity index (χ1) is 13.1. The van der Waals surface area contributed by atoms with Crippen molar-refractivity contribution in [2.75, 3.05) is 11.9 Å². The van der Waals surface area contributed by atoms with E-state index >= 15 is 0 Å². The zero-order valence-electron chi connectivity index (χ0n) is 14.7. The van der Waals surface area contributed by atoms with Crippen LogP contribution in [0.25, 0.3) is 0 Å². The Balaban J connectivity index is 2.12. The van der Waals surface area contributed by atoms with Crippen LogP contribution in [0.3, 0.4) is 0 Å². The van der Waals surface area contributed by atoms with Crippen molar-refractivity contribution < 1.29 is 24.2 Å². The molecule has 1 N–H and O–H groups in total. The van der Waals surface area contributed by atoms with Crippen molar-refractivity contribution in [3.8, 4) is 0 Å². The Kier molecular flexibility index (Phi) is 6.26. The van der Waals surface area contributed by atoms with Crippen LogP contribution in [0.4, 0.5) is 17.1 Å². The molecule has 0 bridgehead atoms. The van der Waals surface area contributed by atoms with Gasteiger partial charge in [0.2, 0.25) is 0 Å². The molecule has 0 aliphatic heterocycles. The van der Waals surface area contributed by atoms with Crippen molar-refractivity contribution in [2.45, 2.75) is 13.8 Å². The lowest BCUT2D eigenvalue weighted by Crippen LogP contribution is -2.22. The fraction of sp³-hybridized carbons (Fsp3) is 0.176. The van der Waals surface area contributed by atoms with E-state index in [1.807, 2.05) is 0 Å². The first-order valence-electron chi connectivity index (χ1n) is 7.76. The van der Waals surface area contributed by atoms with Gasteiger partial charge in [0.1, 0.15) is 11.3 Å². The van der Waals surface area contributed by atoms with Crippen LogP contribution in [0.1, 0.15) is 21.5 Å². The number of nitrogens with one attached hydrogen (secondary N) is 1. The molecule has 0 spiro atoms.